The summed E-state index contributed by atoms with van der Waals surface area (Å²) in [6.07, 6.45) is 9.23. The topological polar surface area (TPSA) is 85.4 Å². The first-order chi connectivity index (χ1) is 17.0. The van der Waals surface area contributed by atoms with Crippen LogP contribution in [0.3, 0.4) is 0 Å². The molecule has 1 aromatic carbocycles. The minimum atomic E-state index is -1.13. The standard InChI is InChI=1S/C27H31N5O3/c1-30-23-18-28-22-8-6-19(16-21(22)25(23)32(26(30)33)27(34)10-4-11-27)20-7-9-24(29-17-20)35-15-5-14-31-12-2-3-13-31/h6-9,16-18,34H,2-5,10-15H2,1H3. The van der Waals surface area contributed by atoms with E-state index in [2.05, 4.69) is 14.9 Å². The fourth-order valence-electron chi connectivity index (χ4n) is 5.39. The summed E-state index contributed by atoms with van der Waals surface area (Å²) in [5, 5.41) is 12.0. The van der Waals surface area contributed by atoms with Crippen LogP contribution in [0.1, 0.15) is 38.5 Å². The van der Waals surface area contributed by atoms with Crippen LogP contribution in [0.2, 0.25) is 0 Å². The van der Waals surface area contributed by atoms with E-state index in [0.717, 1.165) is 52.4 Å². The van der Waals surface area contributed by atoms with Gasteiger partial charge >= 0.3 is 5.69 Å². The van der Waals surface area contributed by atoms with E-state index >= 15 is 0 Å². The van der Waals surface area contributed by atoms with Crippen molar-refractivity contribution in [1.82, 2.24) is 24.0 Å². The number of fused-ring (bicyclic) bond motifs is 3. The predicted molar refractivity (Wildman–Crippen MR) is 136 cm³/mol. The second-order valence-corrected chi connectivity index (χ2v) is 9.87. The average molecular weight is 474 g/mol. The van der Waals surface area contributed by atoms with Gasteiger partial charge in [0, 0.05) is 36.8 Å². The highest BCUT2D eigenvalue weighted by molar-refractivity contribution is 6.04. The first-order valence-corrected chi connectivity index (χ1v) is 12.6. The van der Waals surface area contributed by atoms with E-state index < -0.39 is 5.72 Å². The lowest BCUT2D eigenvalue weighted by atomic mass is 9.88. The van der Waals surface area contributed by atoms with Gasteiger partial charge < -0.3 is 14.7 Å². The first-order valence-electron chi connectivity index (χ1n) is 12.6. The zero-order chi connectivity index (χ0) is 24.0. The quantitative estimate of drug-likeness (QED) is 0.413. The zero-order valence-corrected chi connectivity index (χ0v) is 20.1. The van der Waals surface area contributed by atoms with Crippen LogP contribution >= 0.6 is 0 Å². The van der Waals surface area contributed by atoms with E-state index in [9.17, 15) is 9.90 Å². The molecular formula is C27H31N5O3. The summed E-state index contributed by atoms with van der Waals surface area (Å²) in [5.74, 6) is 0.629. The molecule has 2 fully saturated rings. The van der Waals surface area contributed by atoms with Gasteiger partial charge in [-0.15, -0.1) is 0 Å². The molecule has 8 nitrogen and oxygen atoms in total. The summed E-state index contributed by atoms with van der Waals surface area (Å²) in [5.41, 5.74) is 2.83. The molecule has 0 amide bonds. The Balaban J connectivity index is 1.28. The van der Waals surface area contributed by atoms with Crippen LogP contribution in [0.5, 0.6) is 5.88 Å². The van der Waals surface area contributed by atoms with Crippen molar-refractivity contribution < 1.29 is 9.84 Å². The van der Waals surface area contributed by atoms with Gasteiger partial charge in [-0.25, -0.2) is 9.78 Å². The van der Waals surface area contributed by atoms with Crippen molar-refractivity contribution in [3.63, 3.8) is 0 Å². The van der Waals surface area contributed by atoms with Gasteiger partial charge in [0.25, 0.3) is 0 Å². The molecule has 35 heavy (non-hydrogen) atoms. The number of aryl methyl sites for hydroxylation is 1. The molecular weight excluding hydrogens is 442 g/mol. The fraction of sp³-hybridized carbons (Fsp3) is 0.444. The van der Waals surface area contributed by atoms with Crippen molar-refractivity contribution >= 4 is 21.9 Å². The third kappa shape index (κ3) is 3.90. The Morgan fingerprint density at radius 1 is 1.03 bits per heavy atom. The zero-order valence-electron chi connectivity index (χ0n) is 20.1. The highest BCUT2D eigenvalue weighted by atomic mass is 16.5. The van der Waals surface area contributed by atoms with Gasteiger partial charge in [0.1, 0.15) is 5.72 Å². The molecule has 0 atom stereocenters. The number of ether oxygens (including phenoxy) is 1. The molecule has 1 saturated carbocycles. The van der Waals surface area contributed by atoms with Gasteiger partial charge in [-0.3, -0.25) is 14.1 Å². The molecule has 0 radical (unpaired) electrons. The molecule has 3 aromatic heterocycles. The van der Waals surface area contributed by atoms with Gasteiger partial charge in [0.2, 0.25) is 5.88 Å². The third-order valence-electron chi connectivity index (χ3n) is 7.59. The number of hydrogen-bond acceptors (Lipinski definition) is 6. The van der Waals surface area contributed by atoms with Crippen molar-refractivity contribution in [2.24, 2.45) is 7.05 Å². The highest BCUT2D eigenvalue weighted by Crippen LogP contribution is 2.39. The molecule has 1 aliphatic carbocycles. The van der Waals surface area contributed by atoms with Crippen LogP contribution in [-0.2, 0) is 12.8 Å². The maximum absolute atomic E-state index is 13.1. The van der Waals surface area contributed by atoms with E-state index in [-0.39, 0.29) is 5.69 Å². The van der Waals surface area contributed by atoms with Crippen molar-refractivity contribution in [3.05, 3.63) is 53.2 Å². The lowest BCUT2D eigenvalue weighted by Gasteiger charge is -2.37. The molecule has 4 heterocycles. The Kier molecular flexibility index (Phi) is 5.57. The van der Waals surface area contributed by atoms with E-state index in [1.54, 1.807) is 22.4 Å². The largest absolute Gasteiger partial charge is 0.478 e. The third-order valence-corrected chi connectivity index (χ3v) is 7.59. The minimum Gasteiger partial charge on any atom is -0.478 e. The molecule has 2 aliphatic rings. The number of rotatable bonds is 7. The lowest BCUT2D eigenvalue weighted by Crippen LogP contribution is -2.46. The predicted octanol–water partition coefficient (Wildman–Crippen LogP) is 3.64. The van der Waals surface area contributed by atoms with Crippen LogP contribution < -0.4 is 10.4 Å². The van der Waals surface area contributed by atoms with Gasteiger partial charge in [0.15, 0.2) is 0 Å². The summed E-state index contributed by atoms with van der Waals surface area (Å²) in [4.78, 5) is 24.6. The van der Waals surface area contributed by atoms with Crippen LogP contribution in [0, 0.1) is 0 Å². The van der Waals surface area contributed by atoms with E-state index in [4.69, 9.17) is 4.74 Å². The van der Waals surface area contributed by atoms with Crippen molar-refractivity contribution in [3.8, 4) is 17.0 Å². The molecule has 1 aliphatic heterocycles. The molecule has 0 spiro atoms. The van der Waals surface area contributed by atoms with Crippen LogP contribution in [0.15, 0.2) is 47.5 Å². The number of nitrogens with zero attached hydrogens (tertiary/aromatic N) is 5. The van der Waals surface area contributed by atoms with E-state index in [0.29, 0.717) is 25.3 Å². The number of aliphatic hydroxyl groups is 1. The number of pyridine rings is 2. The molecule has 6 rings (SSSR count). The summed E-state index contributed by atoms with van der Waals surface area (Å²) in [7, 11) is 1.73. The van der Waals surface area contributed by atoms with Crippen molar-refractivity contribution in [2.75, 3.05) is 26.2 Å². The van der Waals surface area contributed by atoms with Gasteiger partial charge in [-0.1, -0.05) is 6.07 Å². The molecule has 4 aromatic rings. The molecule has 8 heteroatoms. The summed E-state index contributed by atoms with van der Waals surface area (Å²) >= 11 is 0. The number of aromatic nitrogens is 4. The number of imidazole rings is 1. The lowest BCUT2D eigenvalue weighted by molar-refractivity contribution is -0.106. The number of hydrogen-bond donors (Lipinski definition) is 1. The maximum Gasteiger partial charge on any atom is 0.331 e. The number of benzene rings is 1. The fourth-order valence-corrected chi connectivity index (χ4v) is 5.39. The first kappa shape index (κ1) is 22.2. The number of likely N-dealkylation sites (tertiary alicyclic amines) is 1. The minimum absolute atomic E-state index is 0.213. The molecule has 1 saturated heterocycles. The SMILES string of the molecule is Cn1c(=O)n(C2(O)CCC2)c2c3cc(-c4ccc(OCCCN5CCCC5)nc4)ccc3ncc21. The van der Waals surface area contributed by atoms with Crippen molar-refractivity contribution in [1.29, 1.82) is 0 Å². The van der Waals surface area contributed by atoms with E-state index in [1.165, 1.54) is 25.9 Å². The highest BCUT2D eigenvalue weighted by Gasteiger charge is 2.40. The second-order valence-electron chi connectivity index (χ2n) is 9.87. The molecule has 0 bridgehead atoms. The van der Waals surface area contributed by atoms with Crippen molar-refractivity contribution in [2.45, 2.75) is 44.2 Å². The van der Waals surface area contributed by atoms with Gasteiger partial charge in [-0.2, -0.15) is 0 Å². The normalized spacial score (nSPS) is 17.8. The summed E-state index contributed by atoms with van der Waals surface area (Å²) < 4.78 is 8.99. The Hall–Kier alpha value is -3.23. The average Bonchev–Trinajstić information content (AvgIpc) is 3.47. The Labute approximate surface area is 203 Å². The second kappa shape index (κ2) is 8.77. The smallest absolute Gasteiger partial charge is 0.331 e. The monoisotopic (exact) mass is 473 g/mol. The molecule has 1 N–H and O–H groups in total. The van der Waals surface area contributed by atoms with Crippen LogP contribution in [-0.4, -0.2) is 55.3 Å². The van der Waals surface area contributed by atoms with E-state index in [1.807, 2.05) is 36.5 Å². The maximum atomic E-state index is 13.1. The molecule has 182 valence electrons. The van der Waals surface area contributed by atoms with Crippen LogP contribution in [0.4, 0.5) is 0 Å². The summed E-state index contributed by atoms with van der Waals surface area (Å²) in [6.45, 7) is 4.16. The summed E-state index contributed by atoms with van der Waals surface area (Å²) in [6, 6.07) is 9.92. The Bertz CT molecular complexity index is 1430. The van der Waals surface area contributed by atoms with Crippen LogP contribution in [0.25, 0.3) is 33.1 Å². The van der Waals surface area contributed by atoms with Gasteiger partial charge in [0.05, 0.1) is 29.4 Å². The van der Waals surface area contributed by atoms with Gasteiger partial charge in [-0.05, 0) is 75.4 Å². The molecule has 0 unspecified atom stereocenters. The Morgan fingerprint density at radius 2 is 1.83 bits per heavy atom. The Morgan fingerprint density at radius 3 is 2.54 bits per heavy atom.